The first-order valence-corrected chi connectivity index (χ1v) is 15.5. The van der Waals surface area contributed by atoms with E-state index in [9.17, 15) is 14.4 Å². The minimum atomic E-state index is -0.806. The van der Waals surface area contributed by atoms with Gasteiger partial charge in [0.2, 0.25) is 0 Å². The number of nitrogens with zero attached hydrogens (tertiary/aromatic N) is 1. The molecule has 220 valence electrons. The molecule has 8 atom stereocenters. The second-order valence-electron chi connectivity index (χ2n) is 14.8. The summed E-state index contributed by atoms with van der Waals surface area (Å²) in [6.07, 6.45) is 9.86. The molecule has 0 aromatic carbocycles. The fraction of sp³-hybridized carbons (Fsp3) is 0.906. The number of fused-ring (bicyclic) bond motifs is 5. The van der Waals surface area contributed by atoms with Crippen LogP contribution >= 0.6 is 0 Å². The van der Waals surface area contributed by atoms with E-state index in [-0.39, 0.29) is 23.4 Å². The highest BCUT2D eigenvalue weighted by atomic mass is 16.6. The highest BCUT2D eigenvalue weighted by Crippen LogP contribution is 2.68. The Labute approximate surface area is 235 Å². The molecule has 0 amide bonds. The number of carbonyl (C=O) groups is 3. The van der Waals surface area contributed by atoms with Crippen LogP contribution in [0.1, 0.15) is 99.3 Å². The van der Waals surface area contributed by atoms with Gasteiger partial charge in [-0.15, -0.1) is 0 Å². The van der Waals surface area contributed by atoms with Crippen LogP contribution in [-0.2, 0) is 28.6 Å². The van der Waals surface area contributed by atoms with Crippen molar-refractivity contribution < 1.29 is 28.6 Å². The number of ether oxygens (including phenoxy) is 3. The molecule has 1 aliphatic heterocycles. The molecule has 4 aliphatic carbocycles. The van der Waals surface area contributed by atoms with Crippen LogP contribution in [0.4, 0.5) is 0 Å². The maximum Gasteiger partial charge on any atom is 0.344 e. The lowest BCUT2D eigenvalue weighted by atomic mass is 9.44. The molecular formula is C32H51NO6. The van der Waals surface area contributed by atoms with E-state index in [1.54, 1.807) is 6.92 Å². The number of hydrogen-bond acceptors (Lipinski definition) is 7. The average molecular weight is 546 g/mol. The molecule has 5 aliphatic rings. The van der Waals surface area contributed by atoms with Gasteiger partial charge in [-0.25, -0.2) is 4.79 Å². The molecule has 39 heavy (non-hydrogen) atoms. The fourth-order valence-corrected chi connectivity index (χ4v) is 10.0. The third kappa shape index (κ3) is 5.09. The Morgan fingerprint density at radius 3 is 2.28 bits per heavy atom. The quantitative estimate of drug-likeness (QED) is 0.425. The summed E-state index contributed by atoms with van der Waals surface area (Å²) in [7, 11) is 0. The first-order chi connectivity index (χ1) is 18.3. The van der Waals surface area contributed by atoms with E-state index >= 15 is 0 Å². The van der Waals surface area contributed by atoms with Crippen molar-refractivity contribution in [3.63, 3.8) is 0 Å². The van der Waals surface area contributed by atoms with Crippen molar-refractivity contribution in [3.8, 4) is 0 Å². The monoisotopic (exact) mass is 545 g/mol. The van der Waals surface area contributed by atoms with Gasteiger partial charge in [-0.2, -0.15) is 0 Å². The zero-order valence-corrected chi connectivity index (χ0v) is 25.2. The van der Waals surface area contributed by atoms with E-state index in [4.69, 9.17) is 14.2 Å². The molecule has 1 heterocycles. The van der Waals surface area contributed by atoms with Crippen LogP contribution in [-0.4, -0.2) is 66.7 Å². The van der Waals surface area contributed by atoms with E-state index in [1.165, 1.54) is 32.1 Å². The Hall–Kier alpha value is -1.47. The van der Waals surface area contributed by atoms with Gasteiger partial charge in [0.05, 0.1) is 13.2 Å². The van der Waals surface area contributed by atoms with Crippen LogP contribution in [0, 0.1) is 40.4 Å². The van der Waals surface area contributed by atoms with Gasteiger partial charge < -0.3 is 14.2 Å². The zero-order chi connectivity index (χ0) is 28.2. The topological polar surface area (TPSA) is 82.1 Å². The van der Waals surface area contributed by atoms with Crippen molar-refractivity contribution in [2.75, 3.05) is 32.9 Å². The molecule has 1 saturated heterocycles. The summed E-state index contributed by atoms with van der Waals surface area (Å²) in [5.74, 6) is 2.41. The first-order valence-electron chi connectivity index (χ1n) is 15.5. The van der Waals surface area contributed by atoms with Gasteiger partial charge >= 0.3 is 11.9 Å². The lowest BCUT2D eigenvalue weighted by molar-refractivity contribution is -0.188. The van der Waals surface area contributed by atoms with E-state index in [1.807, 2.05) is 18.7 Å². The predicted molar refractivity (Wildman–Crippen MR) is 148 cm³/mol. The molecule has 0 spiro atoms. The van der Waals surface area contributed by atoms with Crippen LogP contribution in [0.25, 0.3) is 0 Å². The van der Waals surface area contributed by atoms with E-state index < -0.39 is 23.1 Å². The summed E-state index contributed by atoms with van der Waals surface area (Å²) in [4.78, 5) is 40.2. The van der Waals surface area contributed by atoms with Crippen molar-refractivity contribution in [1.82, 2.24) is 4.90 Å². The van der Waals surface area contributed by atoms with Crippen LogP contribution in [0.15, 0.2) is 0 Å². The molecular weight excluding hydrogens is 494 g/mol. The Bertz CT molecular complexity index is 974. The normalized spacial score (nSPS) is 42.6. The van der Waals surface area contributed by atoms with E-state index in [2.05, 4.69) is 20.8 Å². The number of morpholine rings is 1. The predicted octanol–water partition coefficient (Wildman–Crippen LogP) is 5.19. The second kappa shape index (κ2) is 10.4. The van der Waals surface area contributed by atoms with Gasteiger partial charge in [-0.3, -0.25) is 14.5 Å². The van der Waals surface area contributed by atoms with Gasteiger partial charge in [-0.1, -0.05) is 13.8 Å². The van der Waals surface area contributed by atoms with Crippen molar-refractivity contribution in [3.05, 3.63) is 0 Å². The Kier molecular flexibility index (Phi) is 7.76. The number of hydrogen-bond donors (Lipinski definition) is 0. The molecule has 0 radical (unpaired) electrons. The summed E-state index contributed by atoms with van der Waals surface area (Å²) in [6.45, 7) is 14.7. The van der Waals surface area contributed by atoms with Gasteiger partial charge in [0.1, 0.15) is 16.9 Å². The molecule has 0 bridgehead atoms. The third-order valence-electron chi connectivity index (χ3n) is 12.4. The summed E-state index contributed by atoms with van der Waals surface area (Å²) in [5, 5.41) is 0. The lowest BCUT2D eigenvalue weighted by Gasteiger charge is -2.62. The highest BCUT2D eigenvalue weighted by Gasteiger charge is 2.62. The van der Waals surface area contributed by atoms with Gasteiger partial charge in [-0.05, 0) is 120 Å². The van der Waals surface area contributed by atoms with Crippen molar-refractivity contribution in [2.24, 2.45) is 40.4 Å². The molecule has 4 saturated carbocycles. The van der Waals surface area contributed by atoms with Crippen LogP contribution < -0.4 is 0 Å². The summed E-state index contributed by atoms with van der Waals surface area (Å²) >= 11 is 0. The molecule has 5 fully saturated rings. The molecule has 7 heteroatoms. The van der Waals surface area contributed by atoms with Crippen LogP contribution in [0.5, 0.6) is 0 Å². The van der Waals surface area contributed by atoms with Gasteiger partial charge in [0, 0.05) is 19.0 Å². The highest BCUT2D eigenvalue weighted by molar-refractivity contribution is 5.82. The van der Waals surface area contributed by atoms with Crippen LogP contribution in [0.2, 0.25) is 0 Å². The number of Topliss-reactive ketones (excluding diaryl/α,β-unsaturated/α-hetero) is 1. The maximum absolute atomic E-state index is 12.9. The SMILES string of the molecule is CC(=O)[C@H]1CC[C@H]2[C@@H]3CC[C@H]4C[C@](C)(OC(=O)COC(=O)C(C)(C)N5CCOCC5)CC[C@]4(C)[C@H]3CC[C@]12C. The number of carbonyl (C=O) groups excluding carboxylic acids is 3. The zero-order valence-electron chi connectivity index (χ0n) is 25.2. The summed E-state index contributed by atoms with van der Waals surface area (Å²) in [5.41, 5.74) is -0.878. The smallest absolute Gasteiger partial charge is 0.344 e. The largest absolute Gasteiger partial charge is 0.457 e. The van der Waals surface area contributed by atoms with Crippen molar-refractivity contribution >= 4 is 17.7 Å². The summed E-state index contributed by atoms with van der Waals surface area (Å²) in [6, 6.07) is 0. The minimum absolute atomic E-state index is 0.183. The lowest BCUT2D eigenvalue weighted by Crippen LogP contribution is -2.56. The van der Waals surface area contributed by atoms with Gasteiger partial charge in [0.15, 0.2) is 6.61 Å². The Balaban J connectivity index is 1.17. The minimum Gasteiger partial charge on any atom is -0.457 e. The molecule has 0 N–H and O–H groups in total. The Morgan fingerprint density at radius 2 is 1.59 bits per heavy atom. The Morgan fingerprint density at radius 1 is 0.897 bits per heavy atom. The first kappa shape index (κ1) is 29.0. The third-order valence-corrected chi connectivity index (χ3v) is 12.4. The number of ketones is 1. The molecule has 5 rings (SSSR count). The molecule has 0 unspecified atom stereocenters. The standard InChI is InChI=1S/C32H51NO6/c1-21(34)24-9-10-25-23-8-7-22-19-30(4,13-14-31(22,5)26(23)11-12-32(24,25)6)39-27(35)20-38-28(36)29(2,3)33-15-17-37-18-16-33/h22-26H,7-20H2,1-6H3/t22-,23-,24+,25-,26-,30+,31-,32+/m0/s1. The number of esters is 2. The van der Waals surface area contributed by atoms with Crippen LogP contribution in [0.3, 0.4) is 0 Å². The molecule has 7 nitrogen and oxygen atoms in total. The second-order valence-corrected chi connectivity index (χ2v) is 14.8. The fourth-order valence-electron chi connectivity index (χ4n) is 10.0. The summed E-state index contributed by atoms with van der Waals surface area (Å²) < 4.78 is 16.9. The van der Waals surface area contributed by atoms with Gasteiger partial charge in [0.25, 0.3) is 0 Å². The van der Waals surface area contributed by atoms with Crippen molar-refractivity contribution in [1.29, 1.82) is 0 Å². The van der Waals surface area contributed by atoms with E-state index in [0.29, 0.717) is 49.8 Å². The average Bonchev–Trinajstić information content (AvgIpc) is 3.26. The maximum atomic E-state index is 12.9. The molecule has 0 aromatic rings. The van der Waals surface area contributed by atoms with E-state index in [0.717, 1.165) is 31.6 Å². The number of rotatable bonds is 6. The molecule has 0 aromatic heterocycles. The van der Waals surface area contributed by atoms with Crippen molar-refractivity contribution in [2.45, 2.75) is 110 Å².